The Labute approximate surface area is 195 Å². The molecule has 3 aromatic rings. The molecule has 0 bridgehead atoms. The van der Waals surface area contributed by atoms with Crippen LogP contribution in [0.15, 0.2) is 41.7 Å². The molecule has 2 unspecified atom stereocenters. The number of rotatable bonds is 6. The van der Waals surface area contributed by atoms with Crippen LogP contribution >= 0.6 is 0 Å². The number of aromatic amines is 1. The van der Waals surface area contributed by atoms with Crippen LogP contribution in [0.5, 0.6) is 5.75 Å². The number of hydrogen-bond donors (Lipinski definition) is 1. The minimum absolute atomic E-state index is 0.00907. The molecule has 2 atom stereocenters. The lowest BCUT2D eigenvalue weighted by molar-refractivity contribution is -0.367. The fraction of sp³-hybridized carbons (Fsp3) is 0.409. The van der Waals surface area contributed by atoms with Gasteiger partial charge in [0.1, 0.15) is 36.1 Å². The lowest BCUT2D eigenvalue weighted by Gasteiger charge is -2.34. The van der Waals surface area contributed by atoms with Gasteiger partial charge in [-0.1, -0.05) is 18.2 Å². The van der Waals surface area contributed by atoms with Crippen molar-refractivity contribution in [2.45, 2.75) is 44.0 Å². The number of aromatic nitrogens is 3. The number of fused-ring (bicyclic) bond motifs is 2. The highest BCUT2D eigenvalue weighted by Gasteiger charge is 2.40. The molecule has 4 rings (SSSR count). The first kappa shape index (κ1) is 24.9. The summed E-state index contributed by atoms with van der Waals surface area (Å²) in [6, 6.07) is 7.82. The van der Waals surface area contributed by atoms with Crippen LogP contribution < -0.4 is 4.74 Å². The Balaban J connectivity index is 1.63. The van der Waals surface area contributed by atoms with Gasteiger partial charge in [0.2, 0.25) is 0 Å². The Morgan fingerprint density at radius 3 is 2.60 bits per heavy atom. The van der Waals surface area contributed by atoms with E-state index in [2.05, 4.69) is 24.7 Å². The van der Waals surface area contributed by atoms with E-state index in [1.165, 1.54) is 20.1 Å². The van der Waals surface area contributed by atoms with E-state index in [9.17, 15) is 26.3 Å². The number of ether oxygens (including phenoxy) is 3. The molecule has 188 valence electrons. The average molecular weight is 502 g/mol. The predicted octanol–water partition coefficient (Wildman–Crippen LogP) is 5.56. The molecule has 1 aliphatic heterocycles. The van der Waals surface area contributed by atoms with E-state index in [-0.39, 0.29) is 23.5 Å². The van der Waals surface area contributed by atoms with Gasteiger partial charge >= 0.3 is 12.5 Å². The fourth-order valence-corrected chi connectivity index (χ4v) is 3.68. The maximum Gasteiger partial charge on any atom is 0.523 e. The molecule has 3 heterocycles. The number of halogens is 6. The quantitative estimate of drug-likeness (QED) is 0.353. The van der Waals surface area contributed by atoms with Crippen molar-refractivity contribution in [2.75, 3.05) is 13.2 Å². The van der Waals surface area contributed by atoms with Gasteiger partial charge in [0.25, 0.3) is 0 Å². The Hall–Kier alpha value is -3.19. The zero-order valence-corrected chi connectivity index (χ0v) is 18.4. The Morgan fingerprint density at radius 2 is 1.89 bits per heavy atom. The summed E-state index contributed by atoms with van der Waals surface area (Å²) < 4.78 is 93.0. The largest absolute Gasteiger partial charge is 0.523 e. The van der Waals surface area contributed by atoms with Gasteiger partial charge < -0.3 is 14.5 Å². The molecule has 0 amide bonds. The molecule has 1 aliphatic rings. The van der Waals surface area contributed by atoms with Crippen molar-refractivity contribution in [3.8, 4) is 5.75 Å². The molecule has 0 radical (unpaired) electrons. The topological polar surface area (TPSA) is 81.6 Å². The van der Waals surface area contributed by atoms with Crippen LogP contribution in [-0.2, 0) is 15.7 Å². The summed E-state index contributed by atoms with van der Waals surface area (Å²) >= 11 is 0. The van der Waals surface area contributed by atoms with Gasteiger partial charge in [0, 0.05) is 11.8 Å². The molecular weight excluding hydrogens is 482 g/mol. The number of benzene rings is 1. The molecule has 0 spiro atoms. The maximum atomic E-state index is 13.1. The number of hydrogen-bond acceptors (Lipinski definition) is 6. The predicted molar refractivity (Wildman–Crippen MR) is 113 cm³/mol. The Bertz CT molecular complexity index is 1220. The first-order valence-electron chi connectivity index (χ1n) is 10.4. The first-order valence-corrected chi connectivity index (χ1v) is 10.4. The van der Waals surface area contributed by atoms with Crippen molar-refractivity contribution in [1.29, 1.82) is 0 Å². The third-order valence-corrected chi connectivity index (χ3v) is 5.19. The Kier molecular flexibility index (Phi) is 6.49. The molecule has 2 aromatic heterocycles. The molecule has 0 fully saturated rings. The standard InChI is InChI=1S/C22H20F6N4O3/c1-20(2,35-22(26,27)28)10-34-16-9-33-15-6-4-3-5-12(15)14(16)8-29-18-13-7-17(21(23,24)25)32-19(13)31-11-30-18/h3-8,11,14,16H,9-10H2,1-2H3,(H,30,31,32). The van der Waals surface area contributed by atoms with Crippen molar-refractivity contribution in [3.05, 3.63) is 47.9 Å². The number of alkyl halides is 6. The van der Waals surface area contributed by atoms with Gasteiger partial charge in [-0.05, 0) is 26.0 Å². The second kappa shape index (κ2) is 9.11. The third-order valence-electron chi connectivity index (χ3n) is 5.19. The van der Waals surface area contributed by atoms with E-state index in [1.54, 1.807) is 24.3 Å². The second-order valence-electron chi connectivity index (χ2n) is 8.45. The highest BCUT2D eigenvalue weighted by Crippen LogP contribution is 2.37. The molecular formula is C22H20F6N4O3. The molecule has 7 nitrogen and oxygen atoms in total. The lowest BCUT2D eigenvalue weighted by atomic mass is 9.91. The van der Waals surface area contributed by atoms with Crippen molar-refractivity contribution in [3.63, 3.8) is 0 Å². The van der Waals surface area contributed by atoms with E-state index in [4.69, 9.17) is 9.47 Å². The molecule has 1 N–H and O–H groups in total. The molecule has 0 saturated heterocycles. The minimum Gasteiger partial charge on any atom is -0.491 e. The number of nitrogens with one attached hydrogen (secondary N) is 1. The normalized spacial score (nSPS) is 19.2. The SMILES string of the molecule is CC(C)(COC1COc2ccccc2C1C=Nc1ncnc2[nH]c(C(F)(F)F)cc12)OC(F)(F)F. The van der Waals surface area contributed by atoms with Crippen molar-refractivity contribution < 1.29 is 40.6 Å². The molecule has 13 heteroatoms. The zero-order valence-electron chi connectivity index (χ0n) is 18.4. The van der Waals surface area contributed by atoms with Gasteiger partial charge in [-0.3, -0.25) is 4.74 Å². The number of aliphatic imine (C=N–C) groups is 1. The maximum absolute atomic E-state index is 13.1. The summed E-state index contributed by atoms with van der Waals surface area (Å²) in [4.78, 5) is 14.3. The van der Waals surface area contributed by atoms with Gasteiger partial charge in [0.15, 0.2) is 5.82 Å². The molecule has 0 aliphatic carbocycles. The highest BCUT2D eigenvalue weighted by molar-refractivity contribution is 5.88. The monoisotopic (exact) mass is 502 g/mol. The van der Waals surface area contributed by atoms with Crippen LogP contribution in [0.25, 0.3) is 11.0 Å². The summed E-state index contributed by atoms with van der Waals surface area (Å²) in [5.74, 6) is -0.0682. The summed E-state index contributed by atoms with van der Waals surface area (Å²) in [7, 11) is 0. The lowest BCUT2D eigenvalue weighted by Crippen LogP contribution is -2.41. The summed E-state index contributed by atoms with van der Waals surface area (Å²) in [6.45, 7) is 2.08. The third kappa shape index (κ3) is 5.90. The van der Waals surface area contributed by atoms with E-state index in [1.807, 2.05) is 0 Å². The van der Waals surface area contributed by atoms with E-state index in [0.717, 1.165) is 12.4 Å². The minimum atomic E-state index is -4.84. The number of nitrogens with zero attached hydrogens (tertiary/aromatic N) is 3. The van der Waals surface area contributed by atoms with Crippen LogP contribution in [0.3, 0.4) is 0 Å². The smallest absolute Gasteiger partial charge is 0.491 e. The highest BCUT2D eigenvalue weighted by atomic mass is 19.4. The van der Waals surface area contributed by atoms with Gasteiger partial charge in [-0.25, -0.2) is 15.0 Å². The van der Waals surface area contributed by atoms with Gasteiger partial charge in [0.05, 0.1) is 23.5 Å². The van der Waals surface area contributed by atoms with E-state index < -0.39 is 42.5 Å². The van der Waals surface area contributed by atoms with Crippen LogP contribution in [0.2, 0.25) is 0 Å². The first-order chi connectivity index (χ1) is 16.3. The van der Waals surface area contributed by atoms with Crippen LogP contribution in [0.4, 0.5) is 32.2 Å². The van der Waals surface area contributed by atoms with E-state index in [0.29, 0.717) is 11.3 Å². The van der Waals surface area contributed by atoms with Crippen LogP contribution in [0, 0.1) is 0 Å². The summed E-state index contributed by atoms with van der Waals surface area (Å²) in [5, 5.41) is 0.0635. The van der Waals surface area contributed by atoms with Crippen molar-refractivity contribution in [2.24, 2.45) is 4.99 Å². The fourth-order valence-electron chi connectivity index (χ4n) is 3.68. The second-order valence-corrected chi connectivity index (χ2v) is 8.45. The Morgan fingerprint density at radius 1 is 1.14 bits per heavy atom. The van der Waals surface area contributed by atoms with Gasteiger partial charge in [-0.15, -0.1) is 13.2 Å². The molecule has 0 saturated carbocycles. The van der Waals surface area contributed by atoms with Crippen LogP contribution in [-0.4, -0.2) is 52.4 Å². The average Bonchev–Trinajstić information content (AvgIpc) is 3.20. The molecule has 35 heavy (non-hydrogen) atoms. The van der Waals surface area contributed by atoms with Crippen molar-refractivity contribution in [1.82, 2.24) is 15.0 Å². The summed E-state index contributed by atoms with van der Waals surface area (Å²) in [5.41, 5.74) is -2.05. The number of para-hydroxylation sites is 1. The molecule has 1 aromatic carbocycles. The number of H-pyrrole nitrogens is 1. The van der Waals surface area contributed by atoms with Crippen molar-refractivity contribution >= 4 is 23.1 Å². The van der Waals surface area contributed by atoms with Gasteiger partial charge in [-0.2, -0.15) is 13.2 Å². The zero-order chi connectivity index (χ0) is 25.4. The summed E-state index contributed by atoms with van der Waals surface area (Å²) in [6.07, 6.45) is -7.68. The van der Waals surface area contributed by atoms with Crippen LogP contribution in [0.1, 0.15) is 31.0 Å². The van der Waals surface area contributed by atoms with E-state index >= 15 is 0 Å².